The quantitative estimate of drug-likeness (QED) is 0.861. The van der Waals surface area contributed by atoms with E-state index in [2.05, 4.69) is 5.32 Å². The molecule has 0 aromatic heterocycles. The summed E-state index contributed by atoms with van der Waals surface area (Å²) in [6, 6.07) is 6.90. The van der Waals surface area contributed by atoms with Crippen LogP contribution in [0.3, 0.4) is 0 Å². The lowest BCUT2D eigenvalue weighted by atomic mass is 9.63. The second kappa shape index (κ2) is 6.96. The van der Waals surface area contributed by atoms with Crippen LogP contribution in [0.4, 0.5) is 0 Å². The third-order valence-electron chi connectivity index (χ3n) is 5.34. The number of hydrogen-bond acceptors (Lipinski definition) is 3. The van der Waals surface area contributed by atoms with Gasteiger partial charge in [-0.3, -0.25) is 9.59 Å². The van der Waals surface area contributed by atoms with Crippen molar-refractivity contribution in [3.8, 4) is 0 Å². The lowest BCUT2D eigenvalue weighted by Gasteiger charge is -2.44. The summed E-state index contributed by atoms with van der Waals surface area (Å²) in [7, 11) is 0. The first-order valence-corrected chi connectivity index (χ1v) is 9.34. The zero-order valence-electron chi connectivity index (χ0n) is 14.8. The number of carbonyl (C=O) groups excluding carboxylic acids is 2. The molecule has 1 aliphatic heterocycles. The number of amides is 2. The van der Waals surface area contributed by atoms with Crippen LogP contribution in [0.2, 0.25) is 5.02 Å². The number of carbonyl (C=O) groups is 2. The molecular weight excluding hydrogens is 338 g/mol. The van der Waals surface area contributed by atoms with Crippen LogP contribution in [0.15, 0.2) is 24.3 Å². The number of benzene rings is 1. The van der Waals surface area contributed by atoms with Gasteiger partial charge in [-0.1, -0.05) is 30.2 Å². The van der Waals surface area contributed by atoms with Crippen molar-refractivity contribution in [1.29, 1.82) is 0 Å². The lowest BCUT2D eigenvalue weighted by Crippen LogP contribution is -2.56. The molecule has 2 fully saturated rings. The first-order chi connectivity index (χ1) is 11.8. The van der Waals surface area contributed by atoms with Gasteiger partial charge >= 0.3 is 0 Å². The molecule has 2 amide bonds. The summed E-state index contributed by atoms with van der Waals surface area (Å²) < 4.78 is 0. The van der Waals surface area contributed by atoms with E-state index in [1.165, 1.54) is 0 Å². The van der Waals surface area contributed by atoms with E-state index in [1.54, 1.807) is 4.90 Å². The van der Waals surface area contributed by atoms with Gasteiger partial charge in [-0.25, -0.2) is 0 Å². The minimum atomic E-state index is -0.537. The Labute approximate surface area is 153 Å². The van der Waals surface area contributed by atoms with E-state index in [9.17, 15) is 9.59 Å². The molecule has 6 heteroatoms. The summed E-state index contributed by atoms with van der Waals surface area (Å²) in [5, 5.41) is 3.57. The third-order valence-corrected chi connectivity index (χ3v) is 5.59. The average molecular weight is 364 g/mol. The molecule has 1 aliphatic carbocycles. The topological polar surface area (TPSA) is 75.4 Å². The molecule has 1 saturated carbocycles. The van der Waals surface area contributed by atoms with Gasteiger partial charge < -0.3 is 16.0 Å². The molecule has 1 saturated heterocycles. The van der Waals surface area contributed by atoms with Crippen molar-refractivity contribution in [3.05, 3.63) is 34.9 Å². The Kier molecular flexibility index (Phi) is 5.07. The maximum atomic E-state index is 13.4. The second-order valence-electron chi connectivity index (χ2n) is 7.57. The van der Waals surface area contributed by atoms with Gasteiger partial charge in [0.05, 0.1) is 5.41 Å². The highest BCUT2D eigenvalue weighted by Gasteiger charge is 2.51. The number of nitrogens with zero attached hydrogens (tertiary/aromatic N) is 1. The smallest absolute Gasteiger partial charge is 0.243 e. The molecule has 0 bridgehead atoms. The molecular formula is C19H26ClN3O2. The van der Waals surface area contributed by atoms with E-state index in [4.69, 9.17) is 17.3 Å². The van der Waals surface area contributed by atoms with Crippen molar-refractivity contribution in [1.82, 2.24) is 10.2 Å². The molecule has 2 atom stereocenters. The SMILES string of the molecule is CC(C)NC(=O)[C@@H]1C[C@H](N)CN1C(=O)C1(c2ccc(Cl)cc2)CCC1. The van der Waals surface area contributed by atoms with Gasteiger partial charge in [-0.15, -0.1) is 0 Å². The van der Waals surface area contributed by atoms with Gasteiger partial charge in [0.25, 0.3) is 0 Å². The Morgan fingerprint density at radius 3 is 2.44 bits per heavy atom. The molecule has 1 aromatic rings. The average Bonchev–Trinajstić information content (AvgIpc) is 2.89. The molecule has 25 heavy (non-hydrogen) atoms. The third kappa shape index (κ3) is 3.40. The van der Waals surface area contributed by atoms with Crippen LogP contribution < -0.4 is 11.1 Å². The summed E-state index contributed by atoms with van der Waals surface area (Å²) in [5.74, 6) is -0.0835. The van der Waals surface area contributed by atoms with Gasteiger partial charge in [0, 0.05) is 23.7 Å². The number of hydrogen-bond donors (Lipinski definition) is 2. The summed E-state index contributed by atoms with van der Waals surface area (Å²) >= 11 is 6.00. The summed E-state index contributed by atoms with van der Waals surface area (Å²) in [4.78, 5) is 27.7. The highest BCUT2D eigenvalue weighted by Crippen LogP contribution is 2.46. The van der Waals surface area contributed by atoms with Crippen molar-refractivity contribution in [2.24, 2.45) is 5.73 Å². The minimum Gasteiger partial charge on any atom is -0.352 e. The predicted octanol–water partition coefficient (Wildman–Crippen LogP) is 2.21. The Hall–Kier alpha value is -1.59. The molecule has 1 aromatic carbocycles. The fraction of sp³-hybridized carbons (Fsp3) is 0.579. The van der Waals surface area contributed by atoms with E-state index >= 15 is 0 Å². The molecule has 136 valence electrons. The van der Waals surface area contributed by atoms with Crippen molar-refractivity contribution in [2.75, 3.05) is 6.54 Å². The lowest BCUT2D eigenvalue weighted by molar-refractivity contribution is -0.146. The van der Waals surface area contributed by atoms with Crippen molar-refractivity contribution < 1.29 is 9.59 Å². The van der Waals surface area contributed by atoms with E-state index < -0.39 is 11.5 Å². The van der Waals surface area contributed by atoms with Gasteiger partial charge in [0.15, 0.2) is 0 Å². The number of halogens is 1. The van der Waals surface area contributed by atoms with Crippen molar-refractivity contribution in [2.45, 2.75) is 63.1 Å². The number of rotatable bonds is 4. The van der Waals surface area contributed by atoms with Gasteiger partial charge in [-0.2, -0.15) is 0 Å². The minimum absolute atomic E-state index is 0.0259. The fourth-order valence-corrected chi connectivity index (χ4v) is 4.05. The molecule has 5 nitrogen and oxygen atoms in total. The fourth-order valence-electron chi connectivity index (χ4n) is 3.92. The van der Waals surface area contributed by atoms with Crippen LogP contribution in [-0.2, 0) is 15.0 Å². The largest absolute Gasteiger partial charge is 0.352 e. The monoisotopic (exact) mass is 363 g/mol. The van der Waals surface area contributed by atoms with Gasteiger partial charge in [-0.05, 0) is 50.8 Å². The van der Waals surface area contributed by atoms with Gasteiger partial charge in [0.1, 0.15) is 6.04 Å². The molecule has 1 heterocycles. The molecule has 3 N–H and O–H groups in total. The summed E-state index contributed by atoms with van der Waals surface area (Å²) in [6.45, 7) is 4.27. The van der Waals surface area contributed by atoms with Crippen LogP contribution in [0.1, 0.15) is 45.1 Å². The zero-order valence-corrected chi connectivity index (χ0v) is 15.6. The standard InChI is InChI=1S/C19H26ClN3O2/c1-12(2)22-17(24)16-10-15(21)11-23(16)18(25)19(8-3-9-19)13-4-6-14(20)7-5-13/h4-7,12,15-16H,3,8-11,21H2,1-2H3,(H,22,24)/t15-,16-/m0/s1. The van der Waals surface area contributed by atoms with Crippen LogP contribution in [-0.4, -0.2) is 41.4 Å². The van der Waals surface area contributed by atoms with Crippen LogP contribution in [0.5, 0.6) is 0 Å². The maximum Gasteiger partial charge on any atom is 0.243 e. The maximum absolute atomic E-state index is 13.4. The second-order valence-corrected chi connectivity index (χ2v) is 8.01. The molecule has 0 unspecified atom stereocenters. The number of likely N-dealkylation sites (tertiary alicyclic amines) is 1. The predicted molar refractivity (Wildman–Crippen MR) is 98.4 cm³/mol. The van der Waals surface area contributed by atoms with Crippen molar-refractivity contribution in [3.63, 3.8) is 0 Å². The zero-order chi connectivity index (χ0) is 18.2. The van der Waals surface area contributed by atoms with Crippen LogP contribution in [0, 0.1) is 0 Å². The van der Waals surface area contributed by atoms with E-state index in [1.807, 2.05) is 38.1 Å². The summed E-state index contributed by atoms with van der Waals surface area (Å²) in [5.41, 5.74) is 6.54. The van der Waals surface area contributed by atoms with Gasteiger partial charge in [0.2, 0.25) is 11.8 Å². The first kappa shape index (κ1) is 18.2. The number of nitrogens with one attached hydrogen (secondary N) is 1. The highest BCUT2D eigenvalue weighted by molar-refractivity contribution is 6.30. The molecule has 2 aliphatic rings. The van der Waals surface area contributed by atoms with E-state index in [0.29, 0.717) is 18.0 Å². The Morgan fingerprint density at radius 2 is 1.92 bits per heavy atom. The molecule has 3 rings (SSSR count). The summed E-state index contributed by atoms with van der Waals surface area (Å²) in [6.07, 6.45) is 3.13. The highest BCUT2D eigenvalue weighted by atomic mass is 35.5. The van der Waals surface area contributed by atoms with Crippen LogP contribution >= 0.6 is 11.6 Å². The Balaban J connectivity index is 1.86. The van der Waals surface area contributed by atoms with E-state index in [-0.39, 0.29) is 23.9 Å². The first-order valence-electron chi connectivity index (χ1n) is 8.96. The normalized spacial score (nSPS) is 24.9. The molecule has 0 radical (unpaired) electrons. The van der Waals surface area contributed by atoms with Crippen molar-refractivity contribution >= 4 is 23.4 Å². The Morgan fingerprint density at radius 1 is 1.28 bits per heavy atom. The Bertz CT molecular complexity index is 655. The molecule has 0 spiro atoms. The van der Waals surface area contributed by atoms with E-state index in [0.717, 1.165) is 24.8 Å². The van der Waals surface area contributed by atoms with Crippen LogP contribution in [0.25, 0.3) is 0 Å². The number of nitrogens with two attached hydrogens (primary N) is 1.